The van der Waals surface area contributed by atoms with Crippen molar-refractivity contribution >= 4 is 46.7 Å². The van der Waals surface area contributed by atoms with E-state index in [1.54, 1.807) is 13.8 Å². The Morgan fingerprint density at radius 1 is 0.811 bits per heavy atom. The molecule has 4 aromatic rings. The molecule has 0 saturated heterocycles. The minimum absolute atomic E-state index is 0.00390. The summed E-state index contributed by atoms with van der Waals surface area (Å²) in [7, 11) is 0. The van der Waals surface area contributed by atoms with E-state index in [4.69, 9.17) is 21.3 Å². The van der Waals surface area contributed by atoms with Crippen LogP contribution in [0, 0.1) is 11.8 Å². The maximum absolute atomic E-state index is 13.7. The van der Waals surface area contributed by atoms with Crippen molar-refractivity contribution in [1.29, 1.82) is 0 Å². The Bertz CT molecular complexity index is 2420. The van der Waals surface area contributed by atoms with Gasteiger partial charge in [0, 0.05) is 38.0 Å². The van der Waals surface area contributed by atoms with Crippen molar-refractivity contribution in [3.8, 4) is 22.5 Å². The number of carbonyl (C=O) groups is 4. The van der Waals surface area contributed by atoms with Crippen LogP contribution in [-0.4, -0.2) is 132 Å². The van der Waals surface area contributed by atoms with Gasteiger partial charge in [-0.15, -0.1) is 10.2 Å². The van der Waals surface area contributed by atoms with Crippen LogP contribution in [0.15, 0.2) is 58.8 Å². The van der Waals surface area contributed by atoms with Gasteiger partial charge in [0.15, 0.2) is 5.15 Å². The molecule has 22 heteroatoms. The lowest BCUT2D eigenvalue weighted by atomic mass is 9.94. The lowest BCUT2D eigenvalue weighted by Crippen LogP contribution is -2.48. The maximum atomic E-state index is 13.7. The summed E-state index contributed by atoms with van der Waals surface area (Å²) < 4.78 is 7.42. The maximum Gasteiger partial charge on any atom is 0.246 e. The number of carbonyl (C=O) groups excluding carboxylic acids is 4. The molecule has 0 bridgehead atoms. The molecule has 4 amide bonds. The van der Waals surface area contributed by atoms with E-state index in [1.807, 2.05) is 94.6 Å². The molecule has 0 spiro atoms. The number of ether oxygens (including phenoxy) is 1. The van der Waals surface area contributed by atoms with Crippen LogP contribution in [0.1, 0.15) is 124 Å². The Morgan fingerprint density at radius 3 is 1.97 bits per heavy atom. The number of aromatic nitrogens is 6. The highest BCUT2D eigenvalue weighted by molar-refractivity contribution is 6.30. The lowest BCUT2D eigenvalue weighted by molar-refractivity contribution is -0.131. The van der Waals surface area contributed by atoms with E-state index in [-0.39, 0.29) is 56.4 Å². The molecule has 2 aromatic carbocycles. The molecule has 2 heterocycles. The highest BCUT2D eigenvalue weighted by Crippen LogP contribution is 2.30. The van der Waals surface area contributed by atoms with E-state index in [2.05, 4.69) is 69.8 Å². The van der Waals surface area contributed by atoms with Crippen LogP contribution in [0.2, 0.25) is 5.15 Å². The molecule has 0 aliphatic heterocycles. The number of amides is 4. The highest BCUT2D eigenvalue weighted by Gasteiger charge is 2.26. The number of oxime groups is 2. The number of benzene rings is 2. The first kappa shape index (κ1) is 60.3. The average molecular weight is 1050 g/mol. The molecule has 0 aliphatic rings. The van der Waals surface area contributed by atoms with E-state index in [1.165, 1.54) is 0 Å². The summed E-state index contributed by atoms with van der Waals surface area (Å²) in [5.74, 6) is -0.0501. The van der Waals surface area contributed by atoms with Gasteiger partial charge in [-0.2, -0.15) is 5.21 Å². The molecule has 9 N–H and O–H groups in total. The first-order valence-corrected chi connectivity index (χ1v) is 25.9. The van der Waals surface area contributed by atoms with E-state index >= 15 is 0 Å². The molecule has 21 nitrogen and oxygen atoms in total. The molecular formula is C52H79ClN14O7. The summed E-state index contributed by atoms with van der Waals surface area (Å²) >= 11 is 6.77. The number of imidazole rings is 1. The van der Waals surface area contributed by atoms with E-state index in [9.17, 15) is 29.6 Å². The second-order valence-electron chi connectivity index (χ2n) is 20.0. The van der Waals surface area contributed by atoms with Crippen LogP contribution >= 0.6 is 11.6 Å². The van der Waals surface area contributed by atoms with Crippen LogP contribution in [0.3, 0.4) is 0 Å². The van der Waals surface area contributed by atoms with Gasteiger partial charge in [0.2, 0.25) is 29.5 Å². The summed E-state index contributed by atoms with van der Waals surface area (Å²) in [5, 5.41) is 58.2. The summed E-state index contributed by atoms with van der Waals surface area (Å²) in [6.45, 7) is 18.8. The van der Waals surface area contributed by atoms with Crippen molar-refractivity contribution < 1.29 is 34.3 Å². The Kier molecular flexibility index (Phi) is 24.6. The number of aromatic amines is 1. The zero-order valence-electron chi connectivity index (χ0n) is 44.6. The Hall–Kier alpha value is -6.29. The molecular weight excluding hydrogens is 968 g/mol. The van der Waals surface area contributed by atoms with Gasteiger partial charge in [0.05, 0.1) is 34.7 Å². The molecule has 74 heavy (non-hydrogen) atoms. The summed E-state index contributed by atoms with van der Waals surface area (Å²) in [4.78, 5) is 56.8. The third kappa shape index (κ3) is 19.5. The number of hydrogen-bond acceptors (Lipinski definition) is 15. The first-order valence-electron chi connectivity index (χ1n) is 25.5. The second kappa shape index (κ2) is 30.2. The minimum atomic E-state index is -0.840. The number of hydrogen-bond donors (Lipinski definition) is 9. The van der Waals surface area contributed by atoms with Crippen molar-refractivity contribution in [3.05, 3.63) is 70.8 Å². The van der Waals surface area contributed by atoms with Gasteiger partial charge in [0.25, 0.3) is 0 Å². The number of nitrogens with zero attached hydrogens (tertiary/aromatic N) is 7. The summed E-state index contributed by atoms with van der Waals surface area (Å²) in [6.07, 6.45) is 5.13. The van der Waals surface area contributed by atoms with Crippen molar-refractivity contribution in [2.75, 3.05) is 39.4 Å². The molecule has 0 unspecified atom stereocenters. The Morgan fingerprint density at radius 2 is 1.41 bits per heavy atom. The molecule has 0 radical (unpaired) electrons. The summed E-state index contributed by atoms with van der Waals surface area (Å²) in [6, 6.07) is 15.2. The van der Waals surface area contributed by atoms with Gasteiger partial charge in [-0.1, -0.05) is 97.6 Å². The standard InChI is InChI=1S/C52H79ClN14O7/c1-10-11-16-44-60-48(53)43(67(44)31-38-17-19-39(20-18-38)40-14-12-13-15-41(40)49-61-65-66-62-49)30-56-50(71)42(29-34(2)3)59-45(68)24-26-55-47(70)33-74-32-46(69)54-25-21-37(22-27-57-51(6,7)35(4)63-72)23-28-58-52(8,9)36(5)64-73/h12-15,17-20,34,37,42,57-58,72-73H,10-11,16,21-33H2,1-9H3,(H,54,69)(H,55,70)(H,56,71)(H,59,68)(H,61,62,65,66)/b63-35+,64-36+/t42-/m0/s1. The Balaban J connectivity index is 1.24. The van der Waals surface area contributed by atoms with E-state index < -0.39 is 28.9 Å². The molecule has 1 atom stereocenters. The van der Waals surface area contributed by atoms with Gasteiger partial charge < -0.3 is 51.6 Å². The monoisotopic (exact) mass is 1050 g/mol. The quantitative estimate of drug-likeness (QED) is 0.0156. The third-order valence-corrected chi connectivity index (χ3v) is 13.4. The highest BCUT2D eigenvalue weighted by atomic mass is 35.5. The molecule has 0 fully saturated rings. The molecule has 0 aliphatic carbocycles. The predicted octanol–water partition coefficient (Wildman–Crippen LogP) is 5.78. The third-order valence-electron chi connectivity index (χ3n) is 13.1. The smallest absolute Gasteiger partial charge is 0.246 e. The van der Waals surface area contributed by atoms with Gasteiger partial charge in [0.1, 0.15) is 25.1 Å². The molecule has 2 aromatic heterocycles. The SMILES string of the molecule is CCCCc1nc(Cl)c(CNC(=O)[C@H](CC(C)C)NC(=O)CCNC(=O)COCC(=O)NCCC(CCNC(C)(C)/C(C)=N/O)CCNC(C)(C)/C(C)=N/O)n1Cc1ccc(-c2ccccc2-c2nn[nH]n2)cc1. The fourth-order valence-electron chi connectivity index (χ4n) is 8.01. The average Bonchev–Trinajstić information content (AvgIpc) is 4.01. The second-order valence-corrected chi connectivity index (χ2v) is 20.4. The van der Waals surface area contributed by atoms with Gasteiger partial charge in [-0.25, -0.2) is 4.98 Å². The largest absolute Gasteiger partial charge is 0.411 e. The minimum Gasteiger partial charge on any atom is -0.411 e. The number of H-pyrrole nitrogens is 1. The first-order chi connectivity index (χ1) is 35.3. The van der Waals surface area contributed by atoms with Crippen LogP contribution in [0.25, 0.3) is 22.5 Å². The fraction of sp³-hybridized carbons (Fsp3) is 0.577. The number of unbranched alkanes of at least 4 members (excludes halogenated alkanes) is 1. The number of halogens is 1. The van der Waals surface area contributed by atoms with Gasteiger partial charge in [-0.05, 0) is 120 Å². The molecule has 406 valence electrons. The molecule has 4 rings (SSSR count). The summed E-state index contributed by atoms with van der Waals surface area (Å²) in [5.41, 5.74) is 4.60. The number of aryl methyl sites for hydroxylation is 1. The van der Waals surface area contributed by atoms with Crippen LogP contribution in [-0.2, 0) is 43.4 Å². The predicted molar refractivity (Wildman–Crippen MR) is 286 cm³/mol. The van der Waals surface area contributed by atoms with Gasteiger partial charge >= 0.3 is 0 Å². The number of tetrazole rings is 1. The zero-order chi connectivity index (χ0) is 54.3. The topological polar surface area (TPSA) is 287 Å². The Labute approximate surface area is 440 Å². The van der Waals surface area contributed by atoms with Crippen molar-refractivity contribution in [3.63, 3.8) is 0 Å². The number of nitrogens with one attached hydrogen (secondary N) is 7. The van der Waals surface area contributed by atoms with Crippen LogP contribution in [0.4, 0.5) is 0 Å². The fourth-order valence-corrected chi connectivity index (χ4v) is 8.28. The van der Waals surface area contributed by atoms with Crippen molar-refractivity contribution in [2.24, 2.45) is 22.1 Å². The normalized spacial score (nSPS) is 12.8. The van der Waals surface area contributed by atoms with Crippen molar-refractivity contribution in [1.82, 2.24) is 62.1 Å². The molecule has 0 saturated carbocycles. The van der Waals surface area contributed by atoms with Crippen LogP contribution < -0.4 is 31.9 Å². The zero-order valence-corrected chi connectivity index (χ0v) is 45.4. The number of rotatable bonds is 33. The van der Waals surface area contributed by atoms with E-state index in [0.717, 1.165) is 53.8 Å². The van der Waals surface area contributed by atoms with E-state index in [0.29, 0.717) is 73.5 Å². The van der Waals surface area contributed by atoms with Gasteiger partial charge in [-0.3, -0.25) is 19.2 Å². The van der Waals surface area contributed by atoms with Crippen molar-refractivity contribution in [2.45, 2.75) is 144 Å². The van der Waals surface area contributed by atoms with Crippen LogP contribution in [0.5, 0.6) is 0 Å². The lowest BCUT2D eigenvalue weighted by Gasteiger charge is -2.28.